The van der Waals surface area contributed by atoms with Crippen molar-refractivity contribution in [2.75, 3.05) is 20.3 Å². The molecule has 0 unspecified atom stereocenters. The third-order valence-corrected chi connectivity index (χ3v) is 2.97. The van der Waals surface area contributed by atoms with Crippen LogP contribution in [0.2, 0.25) is 0 Å². The number of amides is 1. The van der Waals surface area contributed by atoms with Gasteiger partial charge in [-0.05, 0) is 37.5 Å². The van der Waals surface area contributed by atoms with Gasteiger partial charge in [-0.25, -0.2) is 4.79 Å². The van der Waals surface area contributed by atoms with E-state index in [1.807, 2.05) is 31.2 Å². The minimum Gasteiger partial charge on any atom is -0.497 e. The molecule has 2 rings (SSSR count). The highest BCUT2D eigenvalue weighted by Crippen LogP contribution is 2.13. The van der Waals surface area contributed by atoms with Crippen LogP contribution in [0, 0.1) is 0 Å². The molecule has 5 heteroatoms. The van der Waals surface area contributed by atoms with Crippen molar-refractivity contribution in [3.05, 3.63) is 29.8 Å². The normalized spacial score (nSPS) is 15.6. The topological polar surface area (TPSA) is 51.1 Å². The van der Waals surface area contributed by atoms with Crippen LogP contribution in [0.4, 0.5) is 4.79 Å². The molecule has 0 saturated carbocycles. The van der Waals surface area contributed by atoms with Gasteiger partial charge in [-0.1, -0.05) is 12.1 Å². The van der Waals surface area contributed by atoms with Gasteiger partial charge < -0.3 is 9.47 Å². The lowest BCUT2D eigenvalue weighted by Crippen LogP contribution is -2.19. The molecule has 5 nitrogen and oxygen atoms in total. The number of hydrogen-bond donors (Lipinski definition) is 0. The fraction of sp³-hybridized carbons (Fsp3) is 0.429. The highest BCUT2D eigenvalue weighted by Gasteiger charge is 2.21. The first kappa shape index (κ1) is 13.4. The molecule has 1 aromatic carbocycles. The van der Waals surface area contributed by atoms with E-state index in [0.29, 0.717) is 13.2 Å². The lowest BCUT2D eigenvalue weighted by Gasteiger charge is -2.08. The number of rotatable bonds is 5. The highest BCUT2D eigenvalue weighted by molar-refractivity contribution is 5.83. The van der Waals surface area contributed by atoms with Crippen LogP contribution < -0.4 is 4.74 Å². The van der Waals surface area contributed by atoms with E-state index in [4.69, 9.17) is 9.47 Å². The minimum absolute atomic E-state index is 0.358. The van der Waals surface area contributed by atoms with Gasteiger partial charge in [-0.15, -0.1) is 0 Å². The molecule has 0 atom stereocenters. The Morgan fingerprint density at radius 2 is 2.16 bits per heavy atom. The lowest BCUT2D eigenvalue weighted by molar-refractivity contribution is 0.159. The number of nitrogens with zero attached hydrogens (tertiary/aromatic N) is 2. The van der Waals surface area contributed by atoms with Gasteiger partial charge >= 0.3 is 6.09 Å². The Bertz CT molecular complexity index is 468. The Hall–Kier alpha value is -2.04. The monoisotopic (exact) mass is 262 g/mol. The number of aryl methyl sites for hydroxylation is 1. The maximum atomic E-state index is 11.2. The van der Waals surface area contributed by atoms with Gasteiger partial charge in [-0.2, -0.15) is 10.1 Å². The van der Waals surface area contributed by atoms with Crippen LogP contribution in [-0.4, -0.2) is 37.1 Å². The Balaban J connectivity index is 1.86. The lowest BCUT2D eigenvalue weighted by atomic mass is 10.1. The van der Waals surface area contributed by atoms with Crippen LogP contribution in [-0.2, 0) is 11.2 Å². The maximum absolute atomic E-state index is 11.2. The fourth-order valence-corrected chi connectivity index (χ4v) is 1.85. The summed E-state index contributed by atoms with van der Waals surface area (Å²) in [5, 5.41) is 5.63. The summed E-state index contributed by atoms with van der Waals surface area (Å²) < 4.78 is 9.93. The van der Waals surface area contributed by atoms with Crippen molar-refractivity contribution >= 4 is 11.8 Å². The largest absolute Gasteiger partial charge is 0.497 e. The molecule has 0 bridgehead atoms. The molecule has 0 spiro atoms. The van der Waals surface area contributed by atoms with Crippen LogP contribution in [0.15, 0.2) is 29.4 Å². The molecule has 1 fully saturated rings. The molecule has 1 saturated heterocycles. The standard InChI is InChI=1S/C14H18N2O3/c1-11(15-16-9-10-19-14(16)17)3-4-12-5-7-13(18-2)8-6-12/h5-8H,3-4,9-10H2,1-2H3/b15-11+. The molecule has 0 aromatic heterocycles. The van der Waals surface area contributed by atoms with E-state index in [9.17, 15) is 4.79 Å². The van der Waals surface area contributed by atoms with Gasteiger partial charge in [0.05, 0.1) is 13.7 Å². The van der Waals surface area contributed by atoms with E-state index < -0.39 is 0 Å². The Kier molecular flexibility index (Phi) is 4.39. The van der Waals surface area contributed by atoms with Gasteiger partial charge in [0.25, 0.3) is 0 Å². The van der Waals surface area contributed by atoms with Crippen molar-refractivity contribution in [3.8, 4) is 5.75 Å². The fourth-order valence-electron chi connectivity index (χ4n) is 1.85. The molecule has 1 aliphatic rings. The van der Waals surface area contributed by atoms with Gasteiger partial charge in [0.15, 0.2) is 0 Å². The SMILES string of the molecule is COc1ccc(CC/C(C)=N/N2CCOC2=O)cc1. The number of ether oxygens (including phenoxy) is 2. The molecule has 1 amide bonds. The van der Waals surface area contributed by atoms with Crippen LogP contribution in [0.25, 0.3) is 0 Å². The Morgan fingerprint density at radius 1 is 1.42 bits per heavy atom. The van der Waals surface area contributed by atoms with Gasteiger partial charge in [0.1, 0.15) is 12.4 Å². The third kappa shape index (κ3) is 3.71. The van der Waals surface area contributed by atoms with Crippen LogP contribution in [0.1, 0.15) is 18.9 Å². The summed E-state index contributed by atoms with van der Waals surface area (Å²) in [5.41, 5.74) is 2.15. The first-order valence-corrected chi connectivity index (χ1v) is 6.30. The van der Waals surface area contributed by atoms with Crippen molar-refractivity contribution in [2.24, 2.45) is 5.10 Å². The van der Waals surface area contributed by atoms with E-state index in [-0.39, 0.29) is 6.09 Å². The first-order chi connectivity index (χ1) is 9.19. The number of cyclic esters (lactones) is 1. The molecule has 0 N–H and O–H groups in total. The number of benzene rings is 1. The molecule has 0 aliphatic carbocycles. The summed E-state index contributed by atoms with van der Waals surface area (Å²) in [6.45, 7) is 2.89. The molecule has 0 radical (unpaired) electrons. The van der Waals surface area contributed by atoms with Crippen LogP contribution in [0.3, 0.4) is 0 Å². The van der Waals surface area contributed by atoms with E-state index >= 15 is 0 Å². The number of hydrogen-bond acceptors (Lipinski definition) is 4. The number of hydrazone groups is 1. The van der Waals surface area contributed by atoms with Crippen molar-refractivity contribution in [3.63, 3.8) is 0 Å². The van der Waals surface area contributed by atoms with Gasteiger partial charge in [0.2, 0.25) is 0 Å². The highest BCUT2D eigenvalue weighted by atomic mass is 16.6. The zero-order chi connectivity index (χ0) is 13.7. The van der Waals surface area contributed by atoms with Gasteiger partial charge in [0, 0.05) is 5.71 Å². The van der Waals surface area contributed by atoms with Crippen molar-refractivity contribution in [1.29, 1.82) is 0 Å². The first-order valence-electron chi connectivity index (χ1n) is 6.30. The second kappa shape index (κ2) is 6.22. The summed E-state index contributed by atoms with van der Waals surface area (Å²) in [5.74, 6) is 0.856. The summed E-state index contributed by atoms with van der Waals surface area (Å²) in [7, 11) is 1.65. The van der Waals surface area contributed by atoms with E-state index in [2.05, 4.69) is 5.10 Å². The maximum Gasteiger partial charge on any atom is 0.430 e. The summed E-state index contributed by atoms with van der Waals surface area (Å²) in [4.78, 5) is 11.2. The van der Waals surface area contributed by atoms with Crippen LogP contribution in [0.5, 0.6) is 5.75 Å². The molecule has 1 heterocycles. The summed E-state index contributed by atoms with van der Waals surface area (Å²) >= 11 is 0. The van der Waals surface area contributed by atoms with E-state index in [1.54, 1.807) is 7.11 Å². The molecule has 1 aliphatic heterocycles. The quantitative estimate of drug-likeness (QED) is 0.766. The predicted molar refractivity (Wildman–Crippen MR) is 72.5 cm³/mol. The molecule has 102 valence electrons. The Morgan fingerprint density at radius 3 is 2.74 bits per heavy atom. The zero-order valence-electron chi connectivity index (χ0n) is 11.3. The second-order valence-electron chi connectivity index (χ2n) is 4.42. The average molecular weight is 262 g/mol. The Labute approximate surface area is 112 Å². The van der Waals surface area contributed by atoms with Crippen molar-refractivity contribution in [1.82, 2.24) is 5.01 Å². The average Bonchev–Trinajstić information content (AvgIpc) is 2.82. The smallest absolute Gasteiger partial charge is 0.430 e. The number of carbonyl (C=O) groups is 1. The predicted octanol–water partition coefficient (Wildman–Crippen LogP) is 2.46. The van der Waals surface area contributed by atoms with E-state index in [1.165, 1.54) is 10.6 Å². The summed E-state index contributed by atoms with van der Waals surface area (Å²) in [6, 6.07) is 7.96. The molecule has 1 aromatic rings. The minimum atomic E-state index is -0.358. The number of methoxy groups -OCH3 is 1. The van der Waals surface area contributed by atoms with Crippen molar-refractivity contribution < 1.29 is 14.3 Å². The van der Waals surface area contributed by atoms with Crippen LogP contribution >= 0.6 is 0 Å². The third-order valence-electron chi connectivity index (χ3n) is 2.97. The molecular weight excluding hydrogens is 244 g/mol. The van der Waals surface area contributed by atoms with E-state index in [0.717, 1.165) is 24.3 Å². The van der Waals surface area contributed by atoms with Crippen molar-refractivity contribution in [2.45, 2.75) is 19.8 Å². The molecular formula is C14H18N2O3. The van der Waals surface area contributed by atoms with Gasteiger partial charge in [-0.3, -0.25) is 0 Å². The zero-order valence-corrected chi connectivity index (χ0v) is 11.3. The second-order valence-corrected chi connectivity index (χ2v) is 4.42. The number of carbonyl (C=O) groups excluding carboxylic acids is 1. The molecule has 19 heavy (non-hydrogen) atoms. The summed E-state index contributed by atoms with van der Waals surface area (Å²) in [6.07, 6.45) is 1.35.